The normalized spacial score (nSPS) is 14.2. The quantitative estimate of drug-likeness (QED) is 0.390. The van der Waals surface area contributed by atoms with E-state index in [4.69, 9.17) is 4.74 Å². The molecule has 6 heteroatoms. The van der Waals surface area contributed by atoms with Gasteiger partial charge in [-0.3, -0.25) is 9.79 Å². The van der Waals surface area contributed by atoms with E-state index in [1.807, 2.05) is 47.4 Å². The minimum absolute atomic E-state index is 0.253. The molecule has 0 saturated carbocycles. The molecule has 3 rings (SSSR count). The summed E-state index contributed by atoms with van der Waals surface area (Å²) in [5, 5.41) is 6.69. The van der Waals surface area contributed by atoms with Crippen LogP contribution in [0.25, 0.3) is 0 Å². The lowest BCUT2D eigenvalue weighted by atomic mass is 10.1. The Labute approximate surface area is 173 Å². The molecule has 6 nitrogen and oxygen atoms in total. The maximum atomic E-state index is 11.9. The van der Waals surface area contributed by atoms with Crippen molar-refractivity contribution < 1.29 is 9.53 Å². The number of nitrogens with zero attached hydrogens (tertiary/aromatic N) is 2. The fourth-order valence-electron chi connectivity index (χ4n) is 3.35. The van der Waals surface area contributed by atoms with Crippen LogP contribution in [0.5, 0.6) is 5.75 Å². The first-order valence-corrected chi connectivity index (χ1v) is 10.2. The van der Waals surface area contributed by atoms with Crippen LogP contribution in [0.3, 0.4) is 0 Å². The summed E-state index contributed by atoms with van der Waals surface area (Å²) >= 11 is 0. The fraction of sp³-hybridized carbons (Fsp3) is 0.391. The van der Waals surface area contributed by atoms with Crippen molar-refractivity contribution in [2.75, 3.05) is 26.7 Å². The first kappa shape index (κ1) is 20.7. The Morgan fingerprint density at radius 2 is 1.83 bits per heavy atom. The smallest absolute Gasteiger partial charge is 0.222 e. The van der Waals surface area contributed by atoms with Crippen molar-refractivity contribution in [3.63, 3.8) is 0 Å². The number of carbonyl (C=O) groups is 1. The van der Waals surface area contributed by atoms with Gasteiger partial charge < -0.3 is 20.3 Å². The zero-order chi connectivity index (χ0) is 20.3. The van der Waals surface area contributed by atoms with Gasteiger partial charge in [0.1, 0.15) is 5.75 Å². The zero-order valence-corrected chi connectivity index (χ0v) is 17.1. The van der Waals surface area contributed by atoms with E-state index in [2.05, 4.69) is 27.8 Å². The molecule has 1 amide bonds. The van der Waals surface area contributed by atoms with E-state index in [9.17, 15) is 4.79 Å². The van der Waals surface area contributed by atoms with Gasteiger partial charge >= 0.3 is 0 Å². The molecule has 0 spiro atoms. The standard InChI is InChI=1S/C23H30N4O2/c1-24-23(25-14-8-16-29-21-11-3-2-4-12-21)26-17-19-9-5-6-10-20(19)18-27-15-7-13-22(27)28/h2-6,9-12H,7-8,13-18H2,1H3,(H2,24,25,26). The summed E-state index contributed by atoms with van der Waals surface area (Å²) in [7, 11) is 1.77. The van der Waals surface area contributed by atoms with Gasteiger partial charge in [0.05, 0.1) is 6.61 Å². The third-order valence-corrected chi connectivity index (χ3v) is 4.95. The first-order chi connectivity index (χ1) is 14.3. The molecular weight excluding hydrogens is 364 g/mol. The minimum atomic E-state index is 0.253. The van der Waals surface area contributed by atoms with Gasteiger partial charge in [0.2, 0.25) is 5.91 Å². The van der Waals surface area contributed by atoms with E-state index in [-0.39, 0.29) is 5.91 Å². The number of aliphatic imine (C=N–C) groups is 1. The summed E-state index contributed by atoms with van der Waals surface area (Å²) in [5.41, 5.74) is 2.37. The van der Waals surface area contributed by atoms with Crippen molar-refractivity contribution in [3.05, 3.63) is 65.7 Å². The summed E-state index contributed by atoms with van der Waals surface area (Å²) in [6.45, 7) is 3.63. The van der Waals surface area contributed by atoms with Gasteiger partial charge in [-0.15, -0.1) is 0 Å². The lowest BCUT2D eigenvalue weighted by Gasteiger charge is -2.19. The van der Waals surface area contributed by atoms with Crippen LogP contribution in [-0.2, 0) is 17.9 Å². The number of rotatable bonds is 9. The molecule has 0 aromatic heterocycles. The highest BCUT2D eigenvalue weighted by atomic mass is 16.5. The second kappa shape index (κ2) is 11.1. The third kappa shape index (κ3) is 6.52. The monoisotopic (exact) mass is 394 g/mol. The summed E-state index contributed by atoms with van der Waals surface area (Å²) in [4.78, 5) is 18.2. The van der Waals surface area contributed by atoms with Gasteiger partial charge in [0.15, 0.2) is 5.96 Å². The Kier molecular flexibility index (Phi) is 7.92. The first-order valence-electron chi connectivity index (χ1n) is 10.2. The van der Waals surface area contributed by atoms with Crippen LogP contribution in [-0.4, -0.2) is 43.5 Å². The molecule has 1 aliphatic heterocycles. The molecule has 0 radical (unpaired) electrons. The highest BCUT2D eigenvalue weighted by Crippen LogP contribution is 2.17. The van der Waals surface area contributed by atoms with Gasteiger partial charge in [-0.25, -0.2) is 0 Å². The molecule has 2 aromatic rings. The van der Waals surface area contributed by atoms with Crippen LogP contribution >= 0.6 is 0 Å². The Morgan fingerprint density at radius 1 is 1.07 bits per heavy atom. The third-order valence-electron chi connectivity index (χ3n) is 4.95. The lowest BCUT2D eigenvalue weighted by molar-refractivity contribution is -0.128. The van der Waals surface area contributed by atoms with Crippen LogP contribution in [0, 0.1) is 0 Å². The van der Waals surface area contributed by atoms with E-state index >= 15 is 0 Å². The molecule has 1 aliphatic rings. The number of nitrogens with one attached hydrogen (secondary N) is 2. The Morgan fingerprint density at radius 3 is 2.55 bits per heavy atom. The fourth-order valence-corrected chi connectivity index (χ4v) is 3.35. The number of ether oxygens (including phenoxy) is 1. The average Bonchev–Trinajstić information content (AvgIpc) is 3.16. The average molecular weight is 395 g/mol. The highest BCUT2D eigenvalue weighted by molar-refractivity contribution is 5.79. The molecule has 2 N–H and O–H groups in total. The maximum Gasteiger partial charge on any atom is 0.222 e. The van der Waals surface area contributed by atoms with Crippen molar-refractivity contribution in [3.8, 4) is 5.75 Å². The van der Waals surface area contributed by atoms with E-state index < -0.39 is 0 Å². The predicted molar refractivity (Wildman–Crippen MR) is 116 cm³/mol. The van der Waals surface area contributed by atoms with E-state index in [0.29, 0.717) is 26.1 Å². The van der Waals surface area contributed by atoms with E-state index in [1.165, 1.54) is 11.1 Å². The molecule has 0 unspecified atom stereocenters. The number of carbonyl (C=O) groups excluding carboxylic acids is 1. The molecule has 1 saturated heterocycles. The SMILES string of the molecule is CN=C(NCCCOc1ccccc1)NCc1ccccc1CN1CCCC1=O. The zero-order valence-electron chi connectivity index (χ0n) is 17.1. The maximum absolute atomic E-state index is 11.9. The summed E-state index contributed by atoms with van der Waals surface area (Å²) in [6, 6.07) is 18.1. The second-order valence-electron chi connectivity index (χ2n) is 7.06. The van der Waals surface area contributed by atoms with E-state index in [1.54, 1.807) is 7.05 Å². The molecule has 1 fully saturated rings. The Bertz CT molecular complexity index is 808. The van der Waals surface area contributed by atoms with Crippen LogP contribution < -0.4 is 15.4 Å². The molecule has 29 heavy (non-hydrogen) atoms. The van der Waals surface area contributed by atoms with Crippen LogP contribution in [0.15, 0.2) is 59.6 Å². The molecular formula is C23H30N4O2. The molecule has 0 atom stereocenters. The molecule has 1 heterocycles. The van der Waals surface area contributed by atoms with Crippen molar-refractivity contribution >= 4 is 11.9 Å². The van der Waals surface area contributed by atoms with E-state index in [0.717, 1.165) is 37.6 Å². The Balaban J connectivity index is 1.41. The highest BCUT2D eigenvalue weighted by Gasteiger charge is 2.20. The number of benzene rings is 2. The van der Waals surface area contributed by atoms with Crippen LogP contribution in [0.4, 0.5) is 0 Å². The predicted octanol–water partition coefficient (Wildman–Crippen LogP) is 2.94. The van der Waals surface area contributed by atoms with Gasteiger partial charge in [-0.2, -0.15) is 0 Å². The Hall–Kier alpha value is -3.02. The van der Waals surface area contributed by atoms with Gasteiger partial charge in [0.25, 0.3) is 0 Å². The molecule has 0 bridgehead atoms. The largest absolute Gasteiger partial charge is 0.494 e. The molecule has 0 aliphatic carbocycles. The van der Waals surface area contributed by atoms with Gasteiger partial charge in [-0.05, 0) is 36.1 Å². The topological polar surface area (TPSA) is 66.0 Å². The molecule has 154 valence electrons. The van der Waals surface area contributed by atoms with Crippen LogP contribution in [0.2, 0.25) is 0 Å². The number of guanidine groups is 1. The van der Waals surface area contributed by atoms with Crippen molar-refractivity contribution in [1.29, 1.82) is 0 Å². The number of para-hydroxylation sites is 1. The second-order valence-corrected chi connectivity index (χ2v) is 7.06. The lowest BCUT2D eigenvalue weighted by Crippen LogP contribution is -2.38. The summed E-state index contributed by atoms with van der Waals surface area (Å²) in [5.74, 6) is 1.91. The summed E-state index contributed by atoms with van der Waals surface area (Å²) < 4.78 is 5.71. The van der Waals surface area contributed by atoms with Gasteiger partial charge in [0, 0.05) is 39.6 Å². The minimum Gasteiger partial charge on any atom is -0.494 e. The summed E-state index contributed by atoms with van der Waals surface area (Å²) in [6.07, 6.45) is 2.51. The van der Waals surface area contributed by atoms with Crippen molar-refractivity contribution in [2.24, 2.45) is 4.99 Å². The molecule has 2 aromatic carbocycles. The number of likely N-dealkylation sites (tertiary alicyclic amines) is 1. The number of hydrogen-bond donors (Lipinski definition) is 2. The number of hydrogen-bond acceptors (Lipinski definition) is 3. The van der Waals surface area contributed by atoms with Gasteiger partial charge in [-0.1, -0.05) is 42.5 Å². The van der Waals surface area contributed by atoms with Crippen molar-refractivity contribution in [2.45, 2.75) is 32.4 Å². The van der Waals surface area contributed by atoms with Crippen LogP contribution in [0.1, 0.15) is 30.4 Å². The number of amides is 1. The van der Waals surface area contributed by atoms with Crippen molar-refractivity contribution in [1.82, 2.24) is 15.5 Å².